The Kier molecular flexibility index (Phi) is 3.93. The zero-order chi connectivity index (χ0) is 12.3. The molecule has 1 aromatic heterocycles. The molecule has 0 spiro atoms. The summed E-state index contributed by atoms with van der Waals surface area (Å²) < 4.78 is 23.4. The first-order valence-electron chi connectivity index (χ1n) is 5.15. The molecule has 1 N–H and O–H groups in total. The van der Waals surface area contributed by atoms with Crippen LogP contribution in [0.15, 0.2) is 16.5 Å². The molecule has 0 aliphatic heterocycles. The highest BCUT2D eigenvalue weighted by Crippen LogP contribution is 2.25. The number of hydrogen-bond acceptors (Lipinski definition) is 4. The van der Waals surface area contributed by atoms with Gasteiger partial charge in [-0.1, -0.05) is 11.6 Å². The van der Waals surface area contributed by atoms with Gasteiger partial charge in [0.05, 0.1) is 18.2 Å². The molecule has 4 nitrogen and oxygen atoms in total. The SMILES string of the molecule is COCCNCc1nc2cc(F)cc(Cl)c2o1. The third kappa shape index (κ3) is 2.94. The molecule has 0 unspecified atom stereocenters. The first-order chi connectivity index (χ1) is 8.20. The second-order valence-electron chi connectivity index (χ2n) is 3.51. The second-order valence-corrected chi connectivity index (χ2v) is 3.92. The smallest absolute Gasteiger partial charge is 0.209 e. The Morgan fingerprint density at radius 1 is 1.53 bits per heavy atom. The normalized spacial score (nSPS) is 11.2. The Morgan fingerprint density at radius 3 is 3.12 bits per heavy atom. The van der Waals surface area contributed by atoms with Crippen molar-refractivity contribution in [1.29, 1.82) is 0 Å². The Hall–Kier alpha value is -1.17. The molecule has 0 aliphatic carbocycles. The fourth-order valence-electron chi connectivity index (χ4n) is 1.45. The number of halogens is 2. The summed E-state index contributed by atoms with van der Waals surface area (Å²) in [6.07, 6.45) is 0. The molecule has 0 saturated carbocycles. The van der Waals surface area contributed by atoms with Crippen LogP contribution in [0.25, 0.3) is 11.1 Å². The monoisotopic (exact) mass is 258 g/mol. The van der Waals surface area contributed by atoms with Crippen LogP contribution >= 0.6 is 11.6 Å². The van der Waals surface area contributed by atoms with Gasteiger partial charge in [0.1, 0.15) is 11.3 Å². The summed E-state index contributed by atoms with van der Waals surface area (Å²) in [6.45, 7) is 1.75. The molecule has 92 valence electrons. The van der Waals surface area contributed by atoms with E-state index in [2.05, 4.69) is 10.3 Å². The lowest BCUT2D eigenvalue weighted by molar-refractivity contribution is 0.198. The highest BCUT2D eigenvalue weighted by Gasteiger charge is 2.10. The average molecular weight is 259 g/mol. The van der Waals surface area contributed by atoms with Gasteiger partial charge in [0.15, 0.2) is 5.58 Å². The number of ether oxygens (including phenoxy) is 1. The van der Waals surface area contributed by atoms with Crippen LogP contribution < -0.4 is 5.32 Å². The van der Waals surface area contributed by atoms with Crippen molar-refractivity contribution in [3.8, 4) is 0 Å². The van der Waals surface area contributed by atoms with Gasteiger partial charge in [0, 0.05) is 19.7 Å². The van der Waals surface area contributed by atoms with Gasteiger partial charge in [-0.3, -0.25) is 0 Å². The molecule has 0 bridgehead atoms. The fourth-order valence-corrected chi connectivity index (χ4v) is 1.69. The Labute approximate surface area is 103 Å². The van der Waals surface area contributed by atoms with E-state index < -0.39 is 5.82 Å². The van der Waals surface area contributed by atoms with Crippen molar-refractivity contribution in [3.05, 3.63) is 28.9 Å². The predicted molar refractivity (Wildman–Crippen MR) is 62.6 cm³/mol. The molecule has 6 heteroatoms. The summed E-state index contributed by atoms with van der Waals surface area (Å²) in [5.74, 6) is 0.0540. The number of fused-ring (bicyclic) bond motifs is 1. The first kappa shape index (κ1) is 12.3. The number of oxazole rings is 1. The van der Waals surface area contributed by atoms with Gasteiger partial charge in [-0.25, -0.2) is 9.37 Å². The van der Waals surface area contributed by atoms with Crippen LogP contribution in [-0.2, 0) is 11.3 Å². The van der Waals surface area contributed by atoms with Crippen LogP contribution in [-0.4, -0.2) is 25.2 Å². The molecule has 2 rings (SSSR count). The maximum Gasteiger partial charge on any atom is 0.209 e. The minimum absolute atomic E-state index is 0.232. The van der Waals surface area contributed by atoms with E-state index >= 15 is 0 Å². The van der Waals surface area contributed by atoms with Crippen molar-refractivity contribution in [2.75, 3.05) is 20.3 Å². The van der Waals surface area contributed by atoms with E-state index in [9.17, 15) is 4.39 Å². The molecule has 0 amide bonds. The third-order valence-electron chi connectivity index (χ3n) is 2.21. The van der Waals surface area contributed by atoms with Crippen LogP contribution in [0.4, 0.5) is 4.39 Å². The molecule has 2 aromatic rings. The van der Waals surface area contributed by atoms with Gasteiger partial charge in [0.25, 0.3) is 0 Å². The summed E-state index contributed by atoms with van der Waals surface area (Å²) in [7, 11) is 1.63. The topological polar surface area (TPSA) is 47.3 Å². The summed E-state index contributed by atoms with van der Waals surface area (Å²) in [5, 5.41) is 3.31. The molecular formula is C11H12ClFN2O2. The van der Waals surface area contributed by atoms with Crippen molar-refractivity contribution >= 4 is 22.7 Å². The summed E-state index contributed by atoms with van der Waals surface area (Å²) in [5.41, 5.74) is 0.843. The highest BCUT2D eigenvalue weighted by atomic mass is 35.5. The van der Waals surface area contributed by atoms with Crippen LogP contribution in [0.1, 0.15) is 5.89 Å². The lowest BCUT2D eigenvalue weighted by Gasteiger charge is -1.99. The molecule has 0 atom stereocenters. The zero-order valence-corrected chi connectivity index (χ0v) is 10.1. The molecule has 1 aromatic carbocycles. The molecule has 0 saturated heterocycles. The minimum atomic E-state index is -0.422. The van der Waals surface area contributed by atoms with Crippen molar-refractivity contribution in [2.45, 2.75) is 6.54 Å². The van der Waals surface area contributed by atoms with E-state index in [1.165, 1.54) is 12.1 Å². The van der Waals surface area contributed by atoms with E-state index in [4.69, 9.17) is 20.8 Å². The molecule has 0 aliphatic rings. The first-order valence-corrected chi connectivity index (χ1v) is 5.52. The number of benzene rings is 1. The maximum absolute atomic E-state index is 13.1. The number of nitrogens with zero attached hydrogens (tertiary/aromatic N) is 1. The van der Waals surface area contributed by atoms with E-state index in [1.807, 2.05) is 0 Å². The standard InChI is InChI=1S/C11H12ClFN2O2/c1-16-3-2-14-6-10-15-9-5-7(13)4-8(12)11(9)17-10/h4-5,14H,2-3,6H2,1H3. The zero-order valence-electron chi connectivity index (χ0n) is 9.30. The minimum Gasteiger partial charge on any atom is -0.438 e. The van der Waals surface area contributed by atoms with E-state index in [0.717, 1.165) is 0 Å². The average Bonchev–Trinajstić information content (AvgIpc) is 2.67. The van der Waals surface area contributed by atoms with Crippen molar-refractivity contribution in [3.63, 3.8) is 0 Å². The van der Waals surface area contributed by atoms with Crippen LogP contribution in [0.5, 0.6) is 0 Å². The largest absolute Gasteiger partial charge is 0.438 e. The number of methoxy groups -OCH3 is 1. The number of rotatable bonds is 5. The summed E-state index contributed by atoms with van der Waals surface area (Å²) in [4.78, 5) is 4.14. The Morgan fingerprint density at radius 2 is 2.35 bits per heavy atom. The fraction of sp³-hybridized carbons (Fsp3) is 0.364. The Balaban J connectivity index is 2.12. The van der Waals surface area contributed by atoms with Gasteiger partial charge < -0.3 is 14.5 Å². The van der Waals surface area contributed by atoms with Crippen molar-refractivity contribution < 1.29 is 13.5 Å². The lowest BCUT2D eigenvalue weighted by Crippen LogP contribution is -2.18. The van der Waals surface area contributed by atoms with Gasteiger partial charge in [-0.15, -0.1) is 0 Å². The quantitative estimate of drug-likeness (QED) is 0.837. The van der Waals surface area contributed by atoms with Gasteiger partial charge in [0.2, 0.25) is 5.89 Å². The molecule has 17 heavy (non-hydrogen) atoms. The van der Waals surface area contributed by atoms with Crippen molar-refractivity contribution in [1.82, 2.24) is 10.3 Å². The maximum atomic E-state index is 13.1. The molecule has 0 radical (unpaired) electrons. The van der Waals surface area contributed by atoms with Gasteiger partial charge >= 0.3 is 0 Å². The highest BCUT2D eigenvalue weighted by molar-refractivity contribution is 6.34. The molecular weight excluding hydrogens is 247 g/mol. The van der Waals surface area contributed by atoms with Crippen LogP contribution in [0.3, 0.4) is 0 Å². The van der Waals surface area contributed by atoms with Gasteiger partial charge in [-0.05, 0) is 6.07 Å². The lowest BCUT2D eigenvalue weighted by atomic mass is 10.3. The number of nitrogens with one attached hydrogen (secondary N) is 1. The van der Waals surface area contributed by atoms with Crippen molar-refractivity contribution in [2.24, 2.45) is 0 Å². The molecule has 0 fully saturated rings. The summed E-state index contributed by atoms with van der Waals surface area (Å²) >= 11 is 5.85. The summed E-state index contributed by atoms with van der Waals surface area (Å²) in [6, 6.07) is 2.50. The second kappa shape index (κ2) is 5.44. The number of hydrogen-bond donors (Lipinski definition) is 1. The Bertz CT molecular complexity index is 515. The predicted octanol–water partition coefficient (Wildman–Crippen LogP) is 2.36. The molecule has 1 heterocycles. The van der Waals surface area contributed by atoms with Gasteiger partial charge in [-0.2, -0.15) is 0 Å². The van der Waals surface area contributed by atoms with E-state index in [1.54, 1.807) is 7.11 Å². The van der Waals surface area contributed by atoms with Crippen LogP contribution in [0, 0.1) is 5.82 Å². The van der Waals surface area contributed by atoms with Crippen LogP contribution in [0.2, 0.25) is 5.02 Å². The third-order valence-corrected chi connectivity index (χ3v) is 2.49. The van der Waals surface area contributed by atoms with E-state index in [-0.39, 0.29) is 5.02 Å². The number of aromatic nitrogens is 1. The van der Waals surface area contributed by atoms with E-state index in [0.29, 0.717) is 36.7 Å².